The van der Waals surface area contributed by atoms with Crippen LogP contribution in [0.2, 0.25) is 0 Å². The maximum Gasteiger partial charge on any atom is 0.332 e. The zero-order valence-corrected chi connectivity index (χ0v) is 9.86. The summed E-state index contributed by atoms with van der Waals surface area (Å²) in [6.07, 6.45) is 1.50. The van der Waals surface area contributed by atoms with Crippen LogP contribution in [0.15, 0.2) is 29.3 Å². The van der Waals surface area contributed by atoms with Crippen LogP contribution in [0, 0.1) is 0 Å². The Bertz CT molecular complexity index is 353. The van der Waals surface area contributed by atoms with Gasteiger partial charge >= 0.3 is 11.9 Å². The van der Waals surface area contributed by atoms with Gasteiger partial charge in [0.15, 0.2) is 0 Å². The van der Waals surface area contributed by atoms with Crippen molar-refractivity contribution in [3.05, 3.63) is 24.3 Å². The minimum absolute atomic E-state index is 0.0546. The highest BCUT2D eigenvalue weighted by atomic mass is 16.5. The maximum atomic E-state index is 10.2. The van der Waals surface area contributed by atoms with Crippen LogP contribution in [0.3, 0.4) is 0 Å². The number of methoxy groups -OCH3 is 1. The van der Waals surface area contributed by atoms with Crippen LogP contribution in [-0.4, -0.2) is 36.8 Å². The molecule has 0 saturated carbocycles. The summed E-state index contributed by atoms with van der Waals surface area (Å²) in [4.78, 5) is 32.9. The highest BCUT2D eigenvalue weighted by molar-refractivity contribution is 5.86. The maximum absolute atomic E-state index is 10.2. The van der Waals surface area contributed by atoms with Crippen molar-refractivity contribution in [3.8, 4) is 0 Å². The lowest BCUT2D eigenvalue weighted by molar-refractivity contribution is -0.136. The number of aliphatic imine (C=N–C) groups is 1. The SMILES string of the molecule is C=C(C)C(=O)OC.C=C(CCN=C=O)C(=O)O. The first-order chi connectivity index (χ1) is 7.86. The second kappa shape index (κ2) is 10.3. The van der Waals surface area contributed by atoms with Gasteiger partial charge in [-0.05, 0) is 13.3 Å². The molecule has 0 heterocycles. The van der Waals surface area contributed by atoms with E-state index in [4.69, 9.17) is 5.11 Å². The fraction of sp³-hybridized carbons (Fsp3) is 0.364. The number of rotatable bonds is 5. The predicted octanol–water partition coefficient (Wildman–Crippen LogP) is 1.09. The monoisotopic (exact) mass is 241 g/mol. The largest absolute Gasteiger partial charge is 0.478 e. The Kier molecular flexibility index (Phi) is 10.4. The molecule has 0 aliphatic heterocycles. The number of nitrogens with zero attached hydrogens (tertiary/aromatic N) is 1. The Morgan fingerprint density at radius 2 is 1.94 bits per heavy atom. The number of hydrogen-bond donors (Lipinski definition) is 1. The molecule has 1 N–H and O–H groups in total. The lowest BCUT2D eigenvalue weighted by Crippen LogP contribution is -1.99. The molecule has 6 heteroatoms. The lowest BCUT2D eigenvalue weighted by atomic mass is 10.2. The fourth-order valence-electron chi connectivity index (χ4n) is 0.518. The van der Waals surface area contributed by atoms with E-state index in [1.165, 1.54) is 13.2 Å². The summed E-state index contributed by atoms with van der Waals surface area (Å²) in [6, 6.07) is 0. The number of hydrogen-bond acceptors (Lipinski definition) is 5. The quantitative estimate of drug-likeness (QED) is 0.336. The first kappa shape index (κ1) is 17.2. The van der Waals surface area contributed by atoms with Crippen LogP contribution < -0.4 is 0 Å². The molecule has 0 rings (SSSR count). The van der Waals surface area contributed by atoms with Crippen LogP contribution in [0.1, 0.15) is 13.3 Å². The van der Waals surface area contributed by atoms with E-state index in [-0.39, 0.29) is 24.5 Å². The number of ether oxygens (including phenoxy) is 1. The first-order valence-electron chi connectivity index (χ1n) is 4.55. The van der Waals surface area contributed by atoms with Crippen molar-refractivity contribution in [1.82, 2.24) is 0 Å². The van der Waals surface area contributed by atoms with Gasteiger partial charge in [0.25, 0.3) is 0 Å². The number of esters is 1. The van der Waals surface area contributed by atoms with E-state index in [0.717, 1.165) is 0 Å². The minimum Gasteiger partial charge on any atom is -0.478 e. The van der Waals surface area contributed by atoms with Crippen LogP contribution in [-0.2, 0) is 19.1 Å². The second-order valence-electron chi connectivity index (χ2n) is 2.90. The summed E-state index contributed by atoms with van der Waals surface area (Å²) in [6.45, 7) is 8.34. The Morgan fingerprint density at radius 3 is 2.18 bits per heavy atom. The van der Waals surface area contributed by atoms with Crippen molar-refractivity contribution in [2.75, 3.05) is 13.7 Å². The van der Waals surface area contributed by atoms with Gasteiger partial charge in [-0.25, -0.2) is 19.4 Å². The zero-order valence-electron chi connectivity index (χ0n) is 9.86. The molecule has 94 valence electrons. The standard InChI is InChI=1S/C6H7NO3.C5H8O2/c1-5(6(9)10)2-3-7-4-8;1-4(2)5(6)7-3/h1-3H2,(H,9,10);1H2,2-3H3. The van der Waals surface area contributed by atoms with Gasteiger partial charge in [0, 0.05) is 11.1 Å². The topological polar surface area (TPSA) is 93.0 Å². The van der Waals surface area contributed by atoms with Crippen molar-refractivity contribution in [2.45, 2.75) is 13.3 Å². The molecule has 0 saturated heterocycles. The lowest BCUT2D eigenvalue weighted by Gasteiger charge is -1.92. The number of carboxylic acids is 1. The molecule has 0 atom stereocenters. The molecule has 0 aliphatic carbocycles. The Labute approximate surface area is 99.3 Å². The Hall–Kier alpha value is -2.20. The predicted molar refractivity (Wildman–Crippen MR) is 61.2 cm³/mol. The molecule has 0 amide bonds. The molecule has 0 aromatic carbocycles. The van der Waals surface area contributed by atoms with E-state index in [9.17, 15) is 14.4 Å². The molecule has 6 nitrogen and oxygen atoms in total. The molecule has 0 aliphatic rings. The van der Waals surface area contributed by atoms with Crippen molar-refractivity contribution in [3.63, 3.8) is 0 Å². The molecule has 0 aromatic rings. The van der Waals surface area contributed by atoms with Crippen LogP contribution in [0.4, 0.5) is 0 Å². The van der Waals surface area contributed by atoms with E-state index < -0.39 is 5.97 Å². The smallest absolute Gasteiger partial charge is 0.332 e. The molecule has 0 radical (unpaired) electrons. The third-order valence-corrected chi connectivity index (χ3v) is 1.43. The third-order valence-electron chi connectivity index (χ3n) is 1.43. The average Bonchev–Trinajstić information content (AvgIpc) is 2.28. The average molecular weight is 241 g/mol. The van der Waals surface area contributed by atoms with Crippen molar-refractivity contribution in [2.24, 2.45) is 4.99 Å². The van der Waals surface area contributed by atoms with E-state index in [2.05, 4.69) is 22.9 Å². The highest BCUT2D eigenvalue weighted by Crippen LogP contribution is 1.96. The van der Waals surface area contributed by atoms with E-state index >= 15 is 0 Å². The Morgan fingerprint density at radius 1 is 1.41 bits per heavy atom. The summed E-state index contributed by atoms with van der Waals surface area (Å²) in [5, 5.41) is 8.24. The molecular weight excluding hydrogens is 226 g/mol. The molecule has 0 spiro atoms. The normalized spacial score (nSPS) is 7.88. The van der Waals surface area contributed by atoms with Gasteiger partial charge in [0.2, 0.25) is 6.08 Å². The molecule has 0 aromatic heterocycles. The van der Waals surface area contributed by atoms with Gasteiger partial charge in [0.05, 0.1) is 13.7 Å². The van der Waals surface area contributed by atoms with Crippen molar-refractivity contribution >= 4 is 18.0 Å². The first-order valence-corrected chi connectivity index (χ1v) is 4.55. The van der Waals surface area contributed by atoms with Crippen LogP contribution in [0.25, 0.3) is 0 Å². The number of aliphatic carboxylic acids is 1. The van der Waals surface area contributed by atoms with Crippen LogP contribution in [0.5, 0.6) is 0 Å². The van der Waals surface area contributed by atoms with Gasteiger partial charge in [-0.3, -0.25) is 0 Å². The molecule has 0 unspecified atom stereocenters. The summed E-state index contributed by atoms with van der Waals surface area (Å²) < 4.78 is 4.27. The van der Waals surface area contributed by atoms with Gasteiger partial charge in [-0.1, -0.05) is 13.2 Å². The molecular formula is C11H15NO5. The van der Waals surface area contributed by atoms with E-state index in [1.54, 1.807) is 6.92 Å². The zero-order chi connectivity index (χ0) is 13.8. The molecule has 17 heavy (non-hydrogen) atoms. The van der Waals surface area contributed by atoms with E-state index in [0.29, 0.717) is 5.57 Å². The fourth-order valence-corrected chi connectivity index (χ4v) is 0.518. The summed E-state index contributed by atoms with van der Waals surface area (Å²) in [5.74, 6) is -1.40. The van der Waals surface area contributed by atoms with Gasteiger partial charge in [-0.15, -0.1) is 0 Å². The molecule has 0 fully saturated rings. The minimum atomic E-state index is -1.05. The van der Waals surface area contributed by atoms with Crippen molar-refractivity contribution in [1.29, 1.82) is 0 Å². The van der Waals surface area contributed by atoms with Gasteiger partial charge < -0.3 is 9.84 Å². The third kappa shape index (κ3) is 11.7. The second-order valence-corrected chi connectivity index (χ2v) is 2.90. The van der Waals surface area contributed by atoms with Gasteiger partial charge in [-0.2, -0.15) is 0 Å². The van der Waals surface area contributed by atoms with Crippen LogP contribution >= 0.6 is 0 Å². The summed E-state index contributed by atoms with van der Waals surface area (Å²) >= 11 is 0. The van der Waals surface area contributed by atoms with Crippen molar-refractivity contribution < 1.29 is 24.2 Å². The number of isocyanates is 1. The number of carbonyl (C=O) groups is 2. The summed E-state index contributed by atoms with van der Waals surface area (Å²) in [5.41, 5.74) is 0.488. The summed E-state index contributed by atoms with van der Waals surface area (Å²) in [7, 11) is 1.33. The molecule has 0 bridgehead atoms. The highest BCUT2D eigenvalue weighted by Gasteiger charge is 2.01. The Balaban J connectivity index is 0. The number of carboxylic acid groups (broad SMARTS) is 1. The number of carbonyl (C=O) groups excluding carboxylic acids is 2. The van der Waals surface area contributed by atoms with Gasteiger partial charge in [0.1, 0.15) is 0 Å². The van der Waals surface area contributed by atoms with E-state index in [1.807, 2.05) is 0 Å².